The van der Waals surface area contributed by atoms with Gasteiger partial charge in [-0.15, -0.1) is 0 Å². The van der Waals surface area contributed by atoms with Crippen molar-refractivity contribution in [3.05, 3.63) is 47.4 Å². The fourth-order valence-corrected chi connectivity index (χ4v) is 4.27. The lowest BCUT2D eigenvalue weighted by atomic mass is 10.1. The van der Waals surface area contributed by atoms with Crippen LogP contribution in [0.1, 0.15) is 18.5 Å². The molecule has 33 heavy (non-hydrogen) atoms. The number of aromatic nitrogens is 5. The average Bonchev–Trinajstić information content (AvgIpc) is 3.40. The van der Waals surface area contributed by atoms with E-state index in [2.05, 4.69) is 44.0 Å². The number of nitrogens with zero attached hydrogens (tertiary/aromatic N) is 6. The zero-order valence-corrected chi connectivity index (χ0v) is 19.1. The number of carbonyl (C=O) groups excluding carboxylic acids is 1. The summed E-state index contributed by atoms with van der Waals surface area (Å²) in [5.41, 5.74) is 2.45. The number of para-hydroxylation sites is 1. The molecule has 3 aromatic heterocycles. The first-order valence-corrected chi connectivity index (χ1v) is 11.1. The van der Waals surface area contributed by atoms with Gasteiger partial charge in [-0.05, 0) is 19.1 Å². The fraction of sp³-hybridized carbons (Fsp3) is 0.318. The van der Waals surface area contributed by atoms with Crippen molar-refractivity contribution in [3.8, 4) is 0 Å². The number of carbonyl (C=O) groups is 1. The minimum Gasteiger partial charge on any atom is -0.368 e. The van der Waals surface area contributed by atoms with Crippen molar-refractivity contribution < 1.29 is 4.79 Å². The maximum absolute atomic E-state index is 11.8. The van der Waals surface area contributed by atoms with Gasteiger partial charge in [-0.3, -0.25) is 4.68 Å². The van der Waals surface area contributed by atoms with E-state index in [0.29, 0.717) is 42.8 Å². The minimum atomic E-state index is -0.128. The number of fused-ring (bicyclic) bond motifs is 2. The fourth-order valence-electron chi connectivity index (χ4n) is 4.04. The van der Waals surface area contributed by atoms with Gasteiger partial charge in [0.15, 0.2) is 5.65 Å². The summed E-state index contributed by atoms with van der Waals surface area (Å²) in [5.74, 6) is 1.41. The van der Waals surface area contributed by atoms with Gasteiger partial charge in [0.25, 0.3) is 0 Å². The van der Waals surface area contributed by atoms with Crippen molar-refractivity contribution >= 4 is 51.2 Å². The van der Waals surface area contributed by atoms with Gasteiger partial charge in [-0.1, -0.05) is 23.7 Å². The van der Waals surface area contributed by atoms with Crippen LogP contribution < -0.4 is 16.0 Å². The largest absolute Gasteiger partial charge is 0.368 e. The molecule has 0 aliphatic carbocycles. The normalized spacial score (nSPS) is 14.6. The first-order chi connectivity index (χ1) is 16.0. The van der Waals surface area contributed by atoms with Crippen LogP contribution in [-0.4, -0.2) is 61.8 Å². The summed E-state index contributed by atoms with van der Waals surface area (Å²) in [6.45, 7) is 4.58. The average molecular weight is 466 g/mol. The Bertz CT molecular complexity index is 1340. The lowest BCUT2D eigenvalue weighted by molar-refractivity contribution is 0.219. The highest BCUT2D eigenvalue weighted by atomic mass is 35.5. The number of rotatable bonds is 7. The number of hydrogen-bond donors (Lipinski definition) is 3. The standard InChI is InChI=1S/C22H24ClN9O/c1-13(29-20-16-11-28-31(2)21(16)27-12-26-20)15-10-14-4-3-5-17(23)18(14)30-19(15)24-6-8-32-9-7-25-22(32)33/h3-5,10-13H,6-9H2,1-2H3,(H,24,30)(H,25,33)(H,26,27,29). The summed E-state index contributed by atoms with van der Waals surface area (Å²) in [6, 6.07) is 7.65. The number of pyridine rings is 1. The molecule has 4 aromatic rings. The Morgan fingerprint density at radius 1 is 1.27 bits per heavy atom. The highest BCUT2D eigenvalue weighted by Gasteiger charge is 2.20. The molecule has 0 saturated carbocycles. The molecule has 4 heterocycles. The number of halogens is 1. The number of amides is 2. The summed E-state index contributed by atoms with van der Waals surface area (Å²) in [5, 5.41) is 16.4. The number of nitrogens with one attached hydrogen (secondary N) is 3. The molecule has 1 aliphatic heterocycles. The first-order valence-electron chi connectivity index (χ1n) is 10.8. The molecule has 1 atom stereocenters. The summed E-state index contributed by atoms with van der Waals surface area (Å²) >= 11 is 6.42. The SMILES string of the molecule is CC(Nc1ncnc2c1cnn2C)c1cc2cccc(Cl)c2nc1NCCN1CCNC1=O. The van der Waals surface area contributed by atoms with Crippen LogP contribution in [0.4, 0.5) is 16.4 Å². The van der Waals surface area contributed by atoms with Crippen LogP contribution in [0.2, 0.25) is 5.02 Å². The van der Waals surface area contributed by atoms with E-state index in [1.54, 1.807) is 15.8 Å². The third-order valence-electron chi connectivity index (χ3n) is 5.79. The van der Waals surface area contributed by atoms with E-state index in [4.69, 9.17) is 16.6 Å². The van der Waals surface area contributed by atoms with Gasteiger partial charge in [-0.25, -0.2) is 19.7 Å². The summed E-state index contributed by atoms with van der Waals surface area (Å²) < 4.78 is 1.72. The molecule has 0 radical (unpaired) electrons. The van der Waals surface area contributed by atoms with Crippen LogP contribution in [-0.2, 0) is 7.05 Å². The Kier molecular flexibility index (Phi) is 5.59. The molecule has 1 unspecified atom stereocenters. The van der Waals surface area contributed by atoms with Crippen molar-refractivity contribution in [2.75, 3.05) is 36.8 Å². The van der Waals surface area contributed by atoms with Crippen LogP contribution in [0.3, 0.4) is 0 Å². The third kappa shape index (κ3) is 4.09. The monoisotopic (exact) mass is 465 g/mol. The zero-order valence-electron chi connectivity index (χ0n) is 18.3. The number of aryl methyl sites for hydroxylation is 1. The Hall–Kier alpha value is -3.66. The molecule has 11 heteroatoms. The van der Waals surface area contributed by atoms with Gasteiger partial charge in [0.05, 0.1) is 28.2 Å². The van der Waals surface area contributed by atoms with Gasteiger partial charge in [-0.2, -0.15) is 5.10 Å². The van der Waals surface area contributed by atoms with Crippen molar-refractivity contribution in [2.45, 2.75) is 13.0 Å². The Morgan fingerprint density at radius 2 is 2.15 bits per heavy atom. The third-order valence-corrected chi connectivity index (χ3v) is 6.10. The molecule has 10 nitrogen and oxygen atoms in total. The van der Waals surface area contributed by atoms with E-state index in [9.17, 15) is 4.79 Å². The molecule has 5 rings (SSSR count). The summed E-state index contributed by atoms with van der Waals surface area (Å²) in [6.07, 6.45) is 3.28. The number of urea groups is 1. The second-order valence-corrected chi connectivity index (χ2v) is 8.38. The van der Waals surface area contributed by atoms with Crippen LogP contribution in [0.25, 0.3) is 21.9 Å². The molecule has 0 spiro atoms. The number of anilines is 2. The predicted octanol–water partition coefficient (Wildman–Crippen LogP) is 3.18. The van der Waals surface area contributed by atoms with Crippen molar-refractivity contribution in [3.63, 3.8) is 0 Å². The highest BCUT2D eigenvalue weighted by Crippen LogP contribution is 2.32. The Balaban J connectivity index is 1.45. The van der Waals surface area contributed by atoms with E-state index in [1.807, 2.05) is 25.2 Å². The molecule has 3 N–H and O–H groups in total. The smallest absolute Gasteiger partial charge is 0.317 e. The van der Waals surface area contributed by atoms with E-state index in [0.717, 1.165) is 27.5 Å². The second-order valence-electron chi connectivity index (χ2n) is 7.98. The van der Waals surface area contributed by atoms with Crippen LogP contribution in [0.5, 0.6) is 0 Å². The maximum atomic E-state index is 11.8. The molecule has 0 bridgehead atoms. The lowest BCUT2D eigenvalue weighted by Crippen LogP contribution is -2.32. The van der Waals surface area contributed by atoms with Gasteiger partial charge in [0.2, 0.25) is 0 Å². The Labute approximate surface area is 195 Å². The Morgan fingerprint density at radius 3 is 2.97 bits per heavy atom. The molecular weight excluding hydrogens is 442 g/mol. The molecule has 1 aromatic carbocycles. The van der Waals surface area contributed by atoms with Crippen molar-refractivity contribution in [2.24, 2.45) is 7.05 Å². The predicted molar refractivity (Wildman–Crippen MR) is 129 cm³/mol. The van der Waals surface area contributed by atoms with Crippen molar-refractivity contribution in [1.82, 2.24) is 34.9 Å². The molecule has 170 valence electrons. The summed E-state index contributed by atoms with van der Waals surface area (Å²) in [4.78, 5) is 27.2. The molecular formula is C22H24ClN9O. The number of hydrogen-bond acceptors (Lipinski definition) is 7. The molecule has 2 amide bonds. The zero-order chi connectivity index (χ0) is 22.9. The second kappa shape index (κ2) is 8.70. The van der Waals surface area contributed by atoms with Gasteiger partial charge in [0, 0.05) is 44.2 Å². The van der Waals surface area contributed by atoms with E-state index < -0.39 is 0 Å². The molecule has 1 saturated heterocycles. The molecule has 1 aliphatic rings. The first kappa shape index (κ1) is 21.2. The van der Waals surface area contributed by atoms with Crippen LogP contribution in [0.15, 0.2) is 36.8 Å². The van der Waals surface area contributed by atoms with Crippen LogP contribution >= 0.6 is 11.6 Å². The topological polar surface area (TPSA) is 113 Å². The van der Waals surface area contributed by atoms with Gasteiger partial charge in [0.1, 0.15) is 18.0 Å². The minimum absolute atomic E-state index is 0.0363. The van der Waals surface area contributed by atoms with Crippen LogP contribution in [0, 0.1) is 0 Å². The number of benzene rings is 1. The van der Waals surface area contributed by atoms with Gasteiger partial charge >= 0.3 is 6.03 Å². The lowest BCUT2D eigenvalue weighted by Gasteiger charge is -2.21. The van der Waals surface area contributed by atoms with E-state index in [-0.39, 0.29) is 12.1 Å². The summed E-state index contributed by atoms with van der Waals surface area (Å²) in [7, 11) is 1.85. The molecule has 1 fully saturated rings. The van der Waals surface area contributed by atoms with Gasteiger partial charge < -0.3 is 20.9 Å². The van der Waals surface area contributed by atoms with Crippen molar-refractivity contribution in [1.29, 1.82) is 0 Å². The quantitative estimate of drug-likeness (QED) is 0.384. The van der Waals surface area contributed by atoms with E-state index in [1.165, 1.54) is 6.33 Å². The van der Waals surface area contributed by atoms with E-state index >= 15 is 0 Å². The highest BCUT2D eigenvalue weighted by molar-refractivity contribution is 6.35. The maximum Gasteiger partial charge on any atom is 0.317 e.